The summed E-state index contributed by atoms with van der Waals surface area (Å²) in [6, 6.07) is 11.6. The van der Waals surface area contributed by atoms with E-state index in [1.165, 1.54) is 43.4 Å². The molecule has 33 heavy (non-hydrogen) atoms. The highest BCUT2D eigenvalue weighted by Crippen LogP contribution is 2.26. The minimum absolute atomic E-state index is 0.0644. The molecule has 0 aliphatic carbocycles. The molecule has 174 valence electrons. The molecule has 3 rings (SSSR count). The van der Waals surface area contributed by atoms with Crippen LogP contribution in [0.4, 0.5) is 10.8 Å². The van der Waals surface area contributed by atoms with E-state index in [2.05, 4.69) is 15.6 Å². The number of nitrogens with zero attached hydrogens (tertiary/aromatic N) is 1. The minimum Gasteiger partial charge on any atom is -0.398 e. The lowest BCUT2D eigenvalue weighted by molar-refractivity contribution is -0.115. The lowest BCUT2D eigenvalue weighted by Gasteiger charge is -2.12. The molecule has 0 radical (unpaired) electrons. The molecule has 3 aromatic rings. The van der Waals surface area contributed by atoms with Crippen LogP contribution in [0.25, 0.3) is 11.3 Å². The van der Waals surface area contributed by atoms with Crippen LogP contribution in [0.2, 0.25) is 0 Å². The number of hydrogen-bond acceptors (Lipinski definition) is 8. The number of aromatic nitrogens is 1. The van der Waals surface area contributed by atoms with Crippen molar-refractivity contribution in [3.8, 4) is 11.3 Å². The first-order valence-electron chi connectivity index (χ1n) is 10.1. The standard InChI is InChI=1S/C22H25N5O4S2/c1-13(2)33(30,31)19-9-16(6-7-17(19)24)21(29)25-11-20(28)27-22-26-18(12-32-22)15-5-3-4-14(8-15)10-23/h3-9,12-13H,10-11,23-24H2,1-2H3,(H,25,29)(H,26,27,28). The van der Waals surface area contributed by atoms with Crippen LogP contribution < -0.4 is 22.1 Å². The maximum Gasteiger partial charge on any atom is 0.251 e. The molecule has 0 fully saturated rings. The summed E-state index contributed by atoms with van der Waals surface area (Å²) in [5.74, 6) is -1.06. The highest BCUT2D eigenvalue weighted by Gasteiger charge is 2.23. The molecule has 2 amide bonds. The smallest absolute Gasteiger partial charge is 0.251 e. The van der Waals surface area contributed by atoms with Gasteiger partial charge in [0.25, 0.3) is 5.91 Å². The highest BCUT2D eigenvalue weighted by atomic mass is 32.2. The third-order valence-corrected chi connectivity index (χ3v) is 7.79. The molecular weight excluding hydrogens is 462 g/mol. The zero-order chi connectivity index (χ0) is 24.2. The van der Waals surface area contributed by atoms with Gasteiger partial charge in [0.1, 0.15) is 0 Å². The van der Waals surface area contributed by atoms with Crippen LogP contribution in [0.1, 0.15) is 29.8 Å². The molecule has 0 aliphatic rings. The first-order valence-corrected chi connectivity index (χ1v) is 12.5. The van der Waals surface area contributed by atoms with Gasteiger partial charge in [0, 0.05) is 23.1 Å². The van der Waals surface area contributed by atoms with E-state index in [9.17, 15) is 18.0 Å². The van der Waals surface area contributed by atoms with Crippen molar-refractivity contribution in [3.63, 3.8) is 0 Å². The van der Waals surface area contributed by atoms with Crippen LogP contribution in [0.15, 0.2) is 52.7 Å². The number of anilines is 2. The largest absolute Gasteiger partial charge is 0.398 e. The first-order chi connectivity index (χ1) is 15.6. The van der Waals surface area contributed by atoms with Crippen molar-refractivity contribution in [1.82, 2.24) is 10.3 Å². The van der Waals surface area contributed by atoms with Gasteiger partial charge in [-0.3, -0.25) is 9.59 Å². The summed E-state index contributed by atoms with van der Waals surface area (Å²) in [4.78, 5) is 29.0. The molecule has 9 nitrogen and oxygen atoms in total. The molecule has 1 heterocycles. The Balaban J connectivity index is 1.63. The second-order valence-electron chi connectivity index (χ2n) is 7.52. The fraction of sp³-hybridized carbons (Fsp3) is 0.227. The number of amides is 2. The topological polar surface area (TPSA) is 157 Å². The summed E-state index contributed by atoms with van der Waals surface area (Å²) in [6.45, 7) is 3.17. The van der Waals surface area contributed by atoms with Crippen LogP contribution in [-0.4, -0.2) is 37.0 Å². The molecule has 0 atom stereocenters. The Morgan fingerprint density at radius 3 is 2.61 bits per heavy atom. The Morgan fingerprint density at radius 1 is 1.15 bits per heavy atom. The molecule has 2 aromatic carbocycles. The summed E-state index contributed by atoms with van der Waals surface area (Å²) < 4.78 is 24.9. The van der Waals surface area contributed by atoms with Crippen molar-refractivity contribution >= 4 is 43.8 Å². The number of nitrogens with two attached hydrogens (primary N) is 2. The number of nitrogens with one attached hydrogen (secondary N) is 2. The van der Waals surface area contributed by atoms with Gasteiger partial charge in [-0.25, -0.2) is 13.4 Å². The number of rotatable bonds is 8. The van der Waals surface area contributed by atoms with Gasteiger partial charge in [0.15, 0.2) is 15.0 Å². The van der Waals surface area contributed by atoms with Gasteiger partial charge in [-0.15, -0.1) is 11.3 Å². The molecule has 0 saturated heterocycles. The second kappa shape index (κ2) is 10.1. The van der Waals surface area contributed by atoms with E-state index in [1.807, 2.05) is 29.6 Å². The van der Waals surface area contributed by atoms with Gasteiger partial charge in [-0.2, -0.15) is 0 Å². The summed E-state index contributed by atoms with van der Waals surface area (Å²) in [5, 5.41) is 6.63. The fourth-order valence-corrected chi connectivity index (χ4v) is 4.85. The third kappa shape index (κ3) is 5.75. The Hall–Kier alpha value is -3.28. The van der Waals surface area contributed by atoms with Gasteiger partial charge in [0.05, 0.1) is 28.1 Å². The maximum absolute atomic E-state index is 12.5. The number of carbonyl (C=O) groups is 2. The van der Waals surface area contributed by atoms with E-state index in [4.69, 9.17) is 11.5 Å². The van der Waals surface area contributed by atoms with Crippen LogP contribution in [0.5, 0.6) is 0 Å². The van der Waals surface area contributed by atoms with Gasteiger partial charge in [-0.05, 0) is 43.7 Å². The average molecular weight is 488 g/mol. The number of thiazole rings is 1. The van der Waals surface area contributed by atoms with Gasteiger partial charge in [0.2, 0.25) is 5.91 Å². The molecule has 0 bridgehead atoms. The summed E-state index contributed by atoms with van der Waals surface area (Å²) in [7, 11) is -3.66. The van der Waals surface area contributed by atoms with E-state index in [0.29, 0.717) is 17.4 Å². The predicted molar refractivity (Wildman–Crippen MR) is 130 cm³/mol. The van der Waals surface area contributed by atoms with E-state index >= 15 is 0 Å². The fourth-order valence-electron chi connectivity index (χ4n) is 2.92. The summed E-state index contributed by atoms with van der Waals surface area (Å²) in [5.41, 5.74) is 14.2. The van der Waals surface area contributed by atoms with Crippen LogP contribution in [0.3, 0.4) is 0 Å². The first kappa shape index (κ1) is 24.4. The number of sulfone groups is 1. The van der Waals surface area contributed by atoms with Crippen molar-refractivity contribution in [2.75, 3.05) is 17.6 Å². The van der Waals surface area contributed by atoms with Gasteiger partial charge < -0.3 is 22.1 Å². The minimum atomic E-state index is -3.66. The lowest BCUT2D eigenvalue weighted by atomic mass is 10.1. The van der Waals surface area contributed by atoms with Crippen molar-refractivity contribution in [2.45, 2.75) is 30.5 Å². The molecular formula is C22H25N5O4S2. The van der Waals surface area contributed by atoms with Crippen LogP contribution in [-0.2, 0) is 21.2 Å². The highest BCUT2D eigenvalue weighted by molar-refractivity contribution is 7.92. The van der Waals surface area contributed by atoms with Crippen molar-refractivity contribution in [1.29, 1.82) is 0 Å². The summed E-state index contributed by atoms with van der Waals surface area (Å²) >= 11 is 1.26. The van der Waals surface area contributed by atoms with Gasteiger partial charge >= 0.3 is 0 Å². The van der Waals surface area contributed by atoms with Gasteiger partial charge in [-0.1, -0.05) is 18.2 Å². The van der Waals surface area contributed by atoms with E-state index in [-0.39, 0.29) is 22.7 Å². The third-order valence-electron chi connectivity index (χ3n) is 4.82. The quantitative estimate of drug-likeness (QED) is 0.355. The molecule has 11 heteroatoms. The van der Waals surface area contributed by atoms with Crippen LogP contribution in [0, 0.1) is 0 Å². The molecule has 0 unspecified atom stereocenters. The number of benzene rings is 2. The molecule has 1 aromatic heterocycles. The monoisotopic (exact) mass is 487 g/mol. The Bertz CT molecular complexity index is 1290. The average Bonchev–Trinajstić information content (AvgIpc) is 3.26. The Kier molecular flexibility index (Phi) is 7.46. The predicted octanol–water partition coefficient (Wildman–Crippen LogP) is 2.40. The molecule has 0 spiro atoms. The molecule has 0 aliphatic heterocycles. The number of carbonyl (C=O) groups excluding carboxylic acids is 2. The van der Waals surface area contributed by atoms with Crippen molar-refractivity contribution in [2.24, 2.45) is 5.73 Å². The molecule has 0 saturated carbocycles. The van der Waals surface area contributed by atoms with Crippen molar-refractivity contribution in [3.05, 3.63) is 59.0 Å². The number of nitrogen functional groups attached to an aromatic ring is 1. The number of hydrogen-bond donors (Lipinski definition) is 4. The van der Waals surface area contributed by atoms with Crippen molar-refractivity contribution < 1.29 is 18.0 Å². The normalized spacial score (nSPS) is 11.4. The summed E-state index contributed by atoms with van der Waals surface area (Å²) in [6.07, 6.45) is 0. The Labute approximate surface area is 196 Å². The second-order valence-corrected chi connectivity index (χ2v) is 10.9. The van der Waals surface area contributed by atoms with E-state index < -0.39 is 26.9 Å². The SMILES string of the molecule is CC(C)S(=O)(=O)c1cc(C(=O)NCC(=O)Nc2nc(-c3cccc(CN)c3)cs2)ccc1N. The van der Waals surface area contributed by atoms with E-state index in [0.717, 1.165) is 11.1 Å². The Morgan fingerprint density at radius 2 is 1.91 bits per heavy atom. The lowest BCUT2D eigenvalue weighted by Crippen LogP contribution is -2.33. The zero-order valence-corrected chi connectivity index (χ0v) is 19.8. The van der Waals surface area contributed by atoms with Crippen LogP contribution >= 0.6 is 11.3 Å². The maximum atomic E-state index is 12.5. The molecule has 6 N–H and O–H groups in total. The zero-order valence-electron chi connectivity index (χ0n) is 18.2. The van der Waals surface area contributed by atoms with E-state index in [1.54, 1.807) is 0 Å².